The quantitative estimate of drug-likeness (QED) is 0.769. The zero-order valence-electron chi connectivity index (χ0n) is 14.7. The number of hydrogen-bond donors (Lipinski definition) is 0. The smallest absolute Gasteiger partial charge is 0.222 e. The Kier molecular flexibility index (Phi) is 5.98. The summed E-state index contributed by atoms with van der Waals surface area (Å²) >= 11 is 0. The standard InChI is InChI=1S/C18H25N5O2/c1-15-6-2-3-8-17(15)25-13-16-7-4-10-22(12-16)18(24)9-5-11-23-14-19-20-21-23/h2-3,6,8,14,16H,4-5,7,9-13H2,1H3/t16-/m1/s1. The fraction of sp³-hybridized carbons (Fsp3) is 0.556. The highest BCUT2D eigenvalue weighted by Gasteiger charge is 2.24. The third-order valence-corrected chi connectivity index (χ3v) is 4.61. The molecule has 1 saturated heterocycles. The van der Waals surface area contributed by atoms with Gasteiger partial charge >= 0.3 is 0 Å². The van der Waals surface area contributed by atoms with Crippen LogP contribution in [0.1, 0.15) is 31.2 Å². The van der Waals surface area contributed by atoms with E-state index in [-0.39, 0.29) is 5.91 Å². The zero-order valence-corrected chi connectivity index (χ0v) is 14.7. The largest absolute Gasteiger partial charge is 0.493 e. The Morgan fingerprint density at radius 2 is 2.24 bits per heavy atom. The maximum absolute atomic E-state index is 12.4. The van der Waals surface area contributed by atoms with Gasteiger partial charge in [0.1, 0.15) is 12.1 Å². The minimum atomic E-state index is 0.216. The van der Waals surface area contributed by atoms with Crippen LogP contribution in [-0.2, 0) is 11.3 Å². The molecule has 0 unspecified atom stereocenters. The minimum absolute atomic E-state index is 0.216. The molecule has 3 rings (SSSR count). The summed E-state index contributed by atoms with van der Waals surface area (Å²) in [4.78, 5) is 14.4. The molecule has 1 aromatic carbocycles. The van der Waals surface area contributed by atoms with Crippen molar-refractivity contribution in [3.8, 4) is 5.75 Å². The molecule has 134 valence electrons. The summed E-state index contributed by atoms with van der Waals surface area (Å²) in [5, 5.41) is 11.0. The van der Waals surface area contributed by atoms with Crippen LogP contribution in [0.3, 0.4) is 0 Å². The van der Waals surface area contributed by atoms with Gasteiger partial charge in [-0.3, -0.25) is 4.79 Å². The van der Waals surface area contributed by atoms with Gasteiger partial charge in [0, 0.05) is 32.0 Å². The van der Waals surface area contributed by atoms with Gasteiger partial charge in [-0.15, -0.1) is 5.10 Å². The van der Waals surface area contributed by atoms with Gasteiger partial charge in [0.05, 0.1) is 6.61 Å². The molecule has 7 heteroatoms. The highest BCUT2D eigenvalue weighted by atomic mass is 16.5. The number of carbonyl (C=O) groups excluding carboxylic acids is 1. The number of likely N-dealkylation sites (tertiary alicyclic amines) is 1. The number of carbonyl (C=O) groups is 1. The van der Waals surface area contributed by atoms with Crippen LogP contribution in [-0.4, -0.2) is 50.7 Å². The van der Waals surface area contributed by atoms with Crippen molar-refractivity contribution in [1.82, 2.24) is 25.1 Å². The van der Waals surface area contributed by atoms with E-state index in [0.717, 1.165) is 43.7 Å². The number of tetrazole rings is 1. The van der Waals surface area contributed by atoms with E-state index in [1.165, 1.54) is 0 Å². The summed E-state index contributed by atoms with van der Waals surface area (Å²) in [6.07, 6.45) is 5.01. The fourth-order valence-electron chi connectivity index (χ4n) is 3.19. The molecule has 1 aliphatic heterocycles. The van der Waals surface area contributed by atoms with E-state index in [4.69, 9.17) is 4.74 Å². The third kappa shape index (κ3) is 5.01. The lowest BCUT2D eigenvalue weighted by atomic mass is 9.98. The molecule has 0 saturated carbocycles. The van der Waals surface area contributed by atoms with Crippen molar-refractivity contribution in [2.24, 2.45) is 5.92 Å². The second kappa shape index (κ2) is 8.60. The molecule has 0 spiro atoms. The predicted octanol–water partition coefficient (Wildman–Crippen LogP) is 2.08. The molecule has 2 aromatic rings. The first-order valence-electron chi connectivity index (χ1n) is 8.89. The van der Waals surface area contributed by atoms with Crippen LogP contribution in [0.2, 0.25) is 0 Å². The van der Waals surface area contributed by atoms with E-state index >= 15 is 0 Å². The van der Waals surface area contributed by atoms with Crippen molar-refractivity contribution >= 4 is 5.91 Å². The van der Waals surface area contributed by atoms with Crippen molar-refractivity contribution in [3.63, 3.8) is 0 Å². The van der Waals surface area contributed by atoms with E-state index in [2.05, 4.69) is 28.5 Å². The first-order valence-corrected chi connectivity index (χ1v) is 8.89. The Morgan fingerprint density at radius 3 is 3.04 bits per heavy atom. The van der Waals surface area contributed by atoms with E-state index < -0.39 is 0 Å². The van der Waals surface area contributed by atoms with Gasteiger partial charge in [-0.2, -0.15) is 0 Å². The van der Waals surface area contributed by atoms with Gasteiger partial charge in [-0.1, -0.05) is 18.2 Å². The van der Waals surface area contributed by atoms with Crippen molar-refractivity contribution < 1.29 is 9.53 Å². The predicted molar refractivity (Wildman–Crippen MR) is 93.0 cm³/mol. The molecule has 7 nitrogen and oxygen atoms in total. The van der Waals surface area contributed by atoms with E-state index in [1.807, 2.05) is 23.1 Å². The maximum Gasteiger partial charge on any atom is 0.222 e. The first-order chi connectivity index (χ1) is 12.2. The van der Waals surface area contributed by atoms with Crippen LogP contribution >= 0.6 is 0 Å². The van der Waals surface area contributed by atoms with Gasteiger partial charge in [0.25, 0.3) is 0 Å². The monoisotopic (exact) mass is 343 g/mol. The second-order valence-corrected chi connectivity index (χ2v) is 6.60. The van der Waals surface area contributed by atoms with Gasteiger partial charge in [-0.25, -0.2) is 4.68 Å². The van der Waals surface area contributed by atoms with Gasteiger partial charge in [-0.05, 0) is 48.2 Å². The summed E-state index contributed by atoms with van der Waals surface area (Å²) in [7, 11) is 0. The highest BCUT2D eigenvalue weighted by molar-refractivity contribution is 5.76. The normalized spacial score (nSPS) is 17.5. The molecule has 25 heavy (non-hydrogen) atoms. The van der Waals surface area contributed by atoms with Crippen LogP contribution < -0.4 is 4.74 Å². The van der Waals surface area contributed by atoms with Gasteiger partial charge in [0.15, 0.2) is 0 Å². The fourth-order valence-corrected chi connectivity index (χ4v) is 3.19. The summed E-state index contributed by atoms with van der Waals surface area (Å²) < 4.78 is 7.63. The molecule has 1 aliphatic rings. The number of nitrogens with zero attached hydrogens (tertiary/aromatic N) is 5. The van der Waals surface area contributed by atoms with E-state index in [0.29, 0.717) is 25.5 Å². The van der Waals surface area contributed by atoms with Gasteiger partial charge < -0.3 is 9.64 Å². The summed E-state index contributed by atoms with van der Waals surface area (Å²) in [6.45, 7) is 5.03. The topological polar surface area (TPSA) is 73.1 Å². The highest BCUT2D eigenvalue weighted by Crippen LogP contribution is 2.21. The molecule has 1 fully saturated rings. The van der Waals surface area contributed by atoms with E-state index in [1.54, 1.807) is 11.0 Å². The molecule has 1 amide bonds. The lowest BCUT2D eigenvalue weighted by molar-refractivity contribution is -0.133. The van der Waals surface area contributed by atoms with Crippen molar-refractivity contribution in [2.75, 3.05) is 19.7 Å². The number of benzene rings is 1. The SMILES string of the molecule is Cc1ccccc1OC[C@@H]1CCCN(C(=O)CCCn2cnnn2)C1. The number of aromatic nitrogens is 4. The Labute approximate surface area is 148 Å². The number of piperidine rings is 1. The van der Waals surface area contributed by atoms with Crippen LogP contribution in [0.4, 0.5) is 0 Å². The number of aryl methyl sites for hydroxylation is 2. The number of amides is 1. The molecule has 2 heterocycles. The summed E-state index contributed by atoms with van der Waals surface area (Å²) in [5.74, 6) is 1.55. The summed E-state index contributed by atoms with van der Waals surface area (Å²) in [6, 6.07) is 8.05. The van der Waals surface area contributed by atoms with Crippen LogP contribution in [0.5, 0.6) is 5.75 Å². The molecule has 0 N–H and O–H groups in total. The maximum atomic E-state index is 12.4. The molecule has 0 radical (unpaired) electrons. The first kappa shape index (κ1) is 17.4. The number of para-hydroxylation sites is 1. The Bertz CT molecular complexity index is 674. The molecular weight excluding hydrogens is 318 g/mol. The Hall–Kier alpha value is -2.44. The lowest BCUT2D eigenvalue weighted by Crippen LogP contribution is -2.41. The number of ether oxygens (including phenoxy) is 1. The molecular formula is C18H25N5O2. The molecule has 1 aromatic heterocycles. The van der Waals surface area contributed by atoms with Crippen molar-refractivity contribution in [1.29, 1.82) is 0 Å². The molecule has 0 aliphatic carbocycles. The minimum Gasteiger partial charge on any atom is -0.493 e. The van der Waals surface area contributed by atoms with Crippen molar-refractivity contribution in [3.05, 3.63) is 36.2 Å². The number of hydrogen-bond acceptors (Lipinski definition) is 5. The summed E-state index contributed by atoms with van der Waals surface area (Å²) in [5.41, 5.74) is 1.15. The average molecular weight is 343 g/mol. The Balaban J connectivity index is 1.42. The zero-order chi connectivity index (χ0) is 17.5. The molecule has 1 atom stereocenters. The third-order valence-electron chi connectivity index (χ3n) is 4.61. The van der Waals surface area contributed by atoms with E-state index in [9.17, 15) is 4.79 Å². The molecule has 0 bridgehead atoms. The number of rotatable bonds is 7. The average Bonchev–Trinajstić information content (AvgIpc) is 3.15. The van der Waals surface area contributed by atoms with Crippen molar-refractivity contribution in [2.45, 2.75) is 39.2 Å². The van der Waals surface area contributed by atoms with Gasteiger partial charge in [0.2, 0.25) is 5.91 Å². The van der Waals surface area contributed by atoms with Crippen LogP contribution in [0, 0.1) is 12.8 Å². The van der Waals surface area contributed by atoms with Crippen LogP contribution in [0.15, 0.2) is 30.6 Å². The second-order valence-electron chi connectivity index (χ2n) is 6.60. The lowest BCUT2D eigenvalue weighted by Gasteiger charge is -2.33. The Morgan fingerprint density at radius 1 is 1.36 bits per heavy atom. The van der Waals surface area contributed by atoms with Crippen LogP contribution in [0.25, 0.3) is 0 Å².